The molecule has 4 rings (SSSR count). The Balaban J connectivity index is 1.82. The Labute approximate surface area is 123 Å². The number of aldehydes is 1. The highest BCUT2D eigenvalue weighted by atomic mass is 16.2. The number of amides is 1. The summed E-state index contributed by atoms with van der Waals surface area (Å²) in [6.07, 6.45) is 2.57. The van der Waals surface area contributed by atoms with Crippen LogP contribution in [0.1, 0.15) is 28.9 Å². The van der Waals surface area contributed by atoms with Gasteiger partial charge in [-0.05, 0) is 38.9 Å². The molecule has 0 radical (unpaired) electrons. The van der Waals surface area contributed by atoms with E-state index in [9.17, 15) is 9.59 Å². The highest BCUT2D eigenvalue weighted by molar-refractivity contribution is 5.95. The maximum atomic E-state index is 12.7. The smallest absolute Gasteiger partial charge is 0.255 e. The topological polar surface area (TPSA) is 79.5 Å². The summed E-state index contributed by atoms with van der Waals surface area (Å²) in [4.78, 5) is 32.1. The van der Waals surface area contributed by atoms with Crippen LogP contribution in [0, 0.1) is 6.92 Å². The number of carbonyl (C=O) groups is 2. The van der Waals surface area contributed by atoms with Gasteiger partial charge in [0.15, 0.2) is 0 Å². The van der Waals surface area contributed by atoms with Crippen LogP contribution in [0.3, 0.4) is 0 Å². The number of rotatable bonds is 2. The molecule has 4 heterocycles. The quantitative estimate of drug-likeness (QED) is 0.800. The van der Waals surface area contributed by atoms with Crippen molar-refractivity contribution < 1.29 is 9.59 Å². The SMILES string of the molecule is Cc1nc(N)ccc1C(=O)N1CCC2(C=O)CC(C1)N2C. The lowest BCUT2D eigenvalue weighted by Crippen LogP contribution is -2.65. The molecule has 0 aliphatic carbocycles. The fourth-order valence-electron chi connectivity index (χ4n) is 3.43. The predicted octanol–water partition coefficient (Wildman–Crippen LogP) is 0.460. The first-order valence-corrected chi connectivity index (χ1v) is 7.18. The molecule has 3 saturated heterocycles. The van der Waals surface area contributed by atoms with Crippen LogP contribution in [0.5, 0.6) is 0 Å². The van der Waals surface area contributed by atoms with Crippen molar-refractivity contribution in [3.63, 3.8) is 0 Å². The van der Waals surface area contributed by atoms with E-state index >= 15 is 0 Å². The molecule has 6 heteroatoms. The van der Waals surface area contributed by atoms with Crippen LogP contribution in [-0.4, -0.2) is 58.7 Å². The summed E-state index contributed by atoms with van der Waals surface area (Å²) >= 11 is 0. The van der Waals surface area contributed by atoms with E-state index in [1.165, 1.54) is 0 Å². The van der Waals surface area contributed by atoms with Gasteiger partial charge >= 0.3 is 0 Å². The van der Waals surface area contributed by atoms with Gasteiger partial charge < -0.3 is 15.4 Å². The first-order chi connectivity index (χ1) is 9.97. The van der Waals surface area contributed by atoms with Gasteiger partial charge in [0.2, 0.25) is 0 Å². The molecule has 21 heavy (non-hydrogen) atoms. The van der Waals surface area contributed by atoms with Gasteiger partial charge in [0.25, 0.3) is 5.91 Å². The minimum Gasteiger partial charge on any atom is -0.384 e. The summed E-state index contributed by atoms with van der Waals surface area (Å²) in [5, 5.41) is 0. The second-order valence-corrected chi connectivity index (χ2v) is 6.06. The molecule has 1 aromatic heterocycles. The van der Waals surface area contributed by atoms with Crippen LogP contribution in [0.2, 0.25) is 0 Å². The van der Waals surface area contributed by atoms with Crippen LogP contribution in [0.15, 0.2) is 12.1 Å². The number of aromatic nitrogens is 1. The van der Waals surface area contributed by atoms with Crippen LogP contribution in [0.4, 0.5) is 5.82 Å². The zero-order valence-corrected chi connectivity index (χ0v) is 12.4. The molecule has 3 fully saturated rings. The van der Waals surface area contributed by atoms with Crippen molar-refractivity contribution in [2.45, 2.75) is 31.3 Å². The molecule has 2 N–H and O–H groups in total. The lowest BCUT2D eigenvalue weighted by molar-refractivity contribution is -0.130. The van der Waals surface area contributed by atoms with E-state index < -0.39 is 0 Å². The van der Waals surface area contributed by atoms with Gasteiger partial charge in [-0.2, -0.15) is 0 Å². The van der Waals surface area contributed by atoms with E-state index in [1.54, 1.807) is 19.1 Å². The number of carbonyl (C=O) groups excluding carboxylic acids is 2. The minimum atomic E-state index is -0.367. The van der Waals surface area contributed by atoms with E-state index in [1.807, 2.05) is 11.9 Å². The fourth-order valence-corrected chi connectivity index (χ4v) is 3.43. The number of hydrogen-bond acceptors (Lipinski definition) is 5. The van der Waals surface area contributed by atoms with Gasteiger partial charge in [-0.1, -0.05) is 0 Å². The Bertz CT molecular complexity index is 603. The zero-order valence-electron chi connectivity index (χ0n) is 12.4. The number of aryl methyl sites for hydroxylation is 1. The Morgan fingerprint density at radius 2 is 2.29 bits per heavy atom. The Morgan fingerprint density at radius 3 is 2.90 bits per heavy atom. The summed E-state index contributed by atoms with van der Waals surface area (Å²) < 4.78 is 0. The lowest BCUT2D eigenvalue weighted by Gasteiger charge is -2.51. The average molecular weight is 288 g/mol. The standard InChI is InChI=1S/C15H20N4O2/c1-10-12(3-4-13(16)17-10)14(21)19-6-5-15(9-20)7-11(8-19)18(15)2/h3-4,9,11H,5-8H2,1-2H3,(H2,16,17). The molecule has 1 aromatic rings. The van der Waals surface area contributed by atoms with Crippen molar-refractivity contribution in [1.82, 2.24) is 14.8 Å². The van der Waals surface area contributed by atoms with Crippen molar-refractivity contribution in [2.75, 3.05) is 25.9 Å². The zero-order chi connectivity index (χ0) is 15.2. The third kappa shape index (κ3) is 2.10. The Kier molecular flexibility index (Phi) is 3.20. The molecule has 0 aromatic carbocycles. The number of anilines is 1. The monoisotopic (exact) mass is 288 g/mol. The number of pyridine rings is 1. The van der Waals surface area contributed by atoms with Gasteiger partial charge in [0, 0.05) is 19.1 Å². The minimum absolute atomic E-state index is 0.0259. The van der Waals surface area contributed by atoms with E-state index in [2.05, 4.69) is 9.88 Å². The van der Waals surface area contributed by atoms with Gasteiger partial charge in [-0.3, -0.25) is 9.69 Å². The fraction of sp³-hybridized carbons (Fsp3) is 0.533. The van der Waals surface area contributed by atoms with Gasteiger partial charge in [-0.15, -0.1) is 0 Å². The highest BCUT2D eigenvalue weighted by Gasteiger charge is 2.52. The summed E-state index contributed by atoms with van der Waals surface area (Å²) in [6, 6.07) is 3.65. The highest BCUT2D eigenvalue weighted by Crippen LogP contribution is 2.39. The number of nitrogens with two attached hydrogens (primary N) is 1. The molecule has 6 nitrogen and oxygen atoms in total. The summed E-state index contributed by atoms with van der Waals surface area (Å²) in [5.41, 5.74) is 6.50. The normalized spacial score (nSPS) is 28.7. The van der Waals surface area contributed by atoms with Crippen molar-refractivity contribution in [3.05, 3.63) is 23.4 Å². The molecule has 3 aliphatic rings. The third-order valence-corrected chi connectivity index (χ3v) is 4.93. The van der Waals surface area contributed by atoms with Crippen molar-refractivity contribution >= 4 is 18.0 Å². The molecule has 0 spiro atoms. The van der Waals surface area contributed by atoms with Crippen LogP contribution in [-0.2, 0) is 4.79 Å². The van der Waals surface area contributed by atoms with Crippen LogP contribution in [0.25, 0.3) is 0 Å². The van der Waals surface area contributed by atoms with Gasteiger partial charge in [-0.25, -0.2) is 4.98 Å². The van der Waals surface area contributed by atoms with E-state index in [-0.39, 0.29) is 17.5 Å². The van der Waals surface area contributed by atoms with E-state index in [4.69, 9.17) is 5.73 Å². The second-order valence-electron chi connectivity index (χ2n) is 6.06. The molecule has 2 bridgehead atoms. The Hall–Kier alpha value is -1.95. The summed E-state index contributed by atoms with van der Waals surface area (Å²) in [5.74, 6) is 0.392. The van der Waals surface area contributed by atoms with E-state index in [0.717, 1.165) is 12.7 Å². The molecular weight excluding hydrogens is 268 g/mol. The number of nitrogens with zero attached hydrogens (tertiary/aromatic N) is 3. The third-order valence-electron chi connectivity index (χ3n) is 4.93. The van der Waals surface area contributed by atoms with E-state index in [0.29, 0.717) is 36.6 Å². The first kappa shape index (κ1) is 14.0. The Morgan fingerprint density at radius 1 is 1.52 bits per heavy atom. The van der Waals surface area contributed by atoms with Crippen LogP contribution >= 0.6 is 0 Å². The molecule has 3 aliphatic heterocycles. The largest absolute Gasteiger partial charge is 0.384 e. The second kappa shape index (κ2) is 4.80. The molecule has 2 atom stereocenters. The number of nitrogen functional groups attached to an aromatic ring is 1. The maximum Gasteiger partial charge on any atom is 0.255 e. The van der Waals surface area contributed by atoms with Gasteiger partial charge in [0.1, 0.15) is 12.1 Å². The average Bonchev–Trinajstić information content (AvgIpc) is 2.74. The van der Waals surface area contributed by atoms with Crippen molar-refractivity contribution in [2.24, 2.45) is 0 Å². The molecule has 1 amide bonds. The maximum absolute atomic E-state index is 12.7. The van der Waals surface area contributed by atoms with Crippen LogP contribution < -0.4 is 5.73 Å². The number of likely N-dealkylation sites (N-methyl/N-ethyl adjacent to an activating group) is 1. The molecule has 112 valence electrons. The lowest BCUT2D eigenvalue weighted by atomic mass is 9.79. The molecule has 2 unspecified atom stereocenters. The van der Waals surface area contributed by atoms with Crippen molar-refractivity contribution in [3.8, 4) is 0 Å². The number of fused-ring (bicyclic) bond motifs is 3. The number of hydrogen-bond donors (Lipinski definition) is 1. The summed E-state index contributed by atoms with van der Waals surface area (Å²) in [7, 11) is 1.96. The van der Waals surface area contributed by atoms with Gasteiger partial charge in [0.05, 0.1) is 16.8 Å². The molecule has 0 saturated carbocycles. The molecular formula is C15H20N4O2. The summed E-state index contributed by atoms with van der Waals surface area (Å²) in [6.45, 7) is 3.05. The first-order valence-electron chi connectivity index (χ1n) is 7.18. The van der Waals surface area contributed by atoms with Crippen molar-refractivity contribution in [1.29, 1.82) is 0 Å². The predicted molar refractivity (Wildman–Crippen MR) is 78.9 cm³/mol.